The summed E-state index contributed by atoms with van der Waals surface area (Å²) in [4.78, 5) is 15.3. The van der Waals surface area contributed by atoms with Gasteiger partial charge in [-0.05, 0) is 63.5 Å². The highest BCUT2D eigenvalue weighted by molar-refractivity contribution is 7.89. The third-order valence-electron chi connectivity index (χ3n) is 8.02. The number of rotatable bonds is 7. The van der Waals surface area contributed by atoms with Crippen LogP contribution in [0.25, 0.3) is 10.9 Å². The zero-order valence-electron chi connectivity index (χ0n) is 20.5. The molecule has 5 rings (SSSR count). The number of carbonyl (C=O) groups excluding carboxylic acids is 1. The van der Waals surface area contributed by atoms with Crippen molar-refractivity contribution >= 4 is 26.8 Å². The maximum Gasteiger partial charge on any atom is 0.240 e. The lowest BCUT2D eigenvalue weighted by Gasteiger charge is -2.33. The molecule has 1 aliphatic heterocycles. The number of nitrogens with zero attached hydrogens (tertiary/aromatic N) is 3. The third kappa shape index (κ3) is 4.59. The molecule has 2 heterocycles. The fourth-order valence-corrected chi connectivity index (χ4v) is 7.35. The Labute approximate surface area is 207 Å². The van der Waals surface area contributed by atoms with Crippen LogP contribution in [0.4, 0.5) is 0 Å². The molecule has 0 spiro atoms. The van der Waals surface area contributed by atoms with Crippen LogP contribution in [0.5, 0.6) is 0 Å². The van der Waals surface area contributed by atoms with Gasteiger partial charge in [0, 0.05) is 49.7 Å². The Morgan fingerprint density at radius 3 is 2.57 bits per heavy atom. The van der Waals surface area contributed by atoms with Gasteiger partial charge in [0.05, 0.1) is 28.6 Å². The Kier molecular flexibility index (Phi) is 6.64. The monoisotopic (exact) mass is 498 g/mol. The summed E-state index contributed by atoms with van der Waals surface area (Å²) in [5.74, 6) is 0.543. The Hall–Kier alpha value is -2.41. The summed E-state index contributed by atoms with van der Waals surface area (Å²) in [6.07, 6.45) is 6.81. The van der Waals surface area contributed by atoms with Crippen molar-refractivity contribution in [2.45, 2.75) is 74.3 Å². The molecule has 1 N–H and O–H groups in total. The van der Waals surface area contributed by atoms with Gasteiger partial charge in [-0.2, -0.15) is 5.26 Å². The fraction of sp³-hybridized carbons (Fsp3) is 0.615. The molecule has 3 fully saturated rings. The number of ether oxygens (including phenoxy) is 1. The Balaban J connectivity index is 1.26. The van der Waals surface area contributed by atoms with Gasteiger partial charge in [0.25, 0.3) is 0 Å². The Morgan fingerprint density at radius 2 is 1.91 bits per heavy atom. The standard InChI is InChI=1S/C26H34N4O4S/c1-29-24-14-21(11-12-22(24)23(15-27)25(29)17-5-6-17)35(32,33)28-19-9-7-18(8-10-19)26(31)30-13-3-4-20(30)16-34-2/h11-12,14,17-20,28H,3-10,13,16H2,1-2H3. The molecule has 0 bridgehead atoms. The van der Waals surface area contributed by atoms with Crippen molar-refractivity contribution in [3.8, 4) is 6.07 Å². The molecular formula is C26H34N4O4S. The molecule has 1 saturated heterocycles. The van der Waals surface area contributed by atoms with Crippen LogP contribution in [0.2, 0.25) is 0 Å². The van der Waals surface area contributed by atoms with E-state index in [2.05, 4.69) is 10.8 Å². The average molecular weight is 499 g/mol. The minimum absolute atomic E-state index is 0.0434. The number of sulfonamides is 1. The number of aryl methyl sites for hydroxylation is 1. The molecule has 35 heavy (non-hydrogen) atoms. The quantitative estimate of drug-likeness (QED) is 0.630. The van der Waals surface area contributed by atoms with Crippen LogP contribution in [-0.4, -0.2) is 56.1 Å². The van der Waals surface area contributed by atoms with E-state index in [0.717, 1.165) is 48.8 Å². The van der Waals surface area contributed by atoms with Crippen molar-refractivity contribution in [1.82, 2.24) is 14.2 Å². The zero-order valence-corrected chi connectivity index (χ0v) is 21.3. The summed E-state index contributed by atoms with van der Waals surface area (Å²) in [6, 6.07) is 7.35. The first-order valence-electron chi connectivity index (χ1n) is 12.7. The second-order valence-electron chi connectivity index (χ2n) is 10.3. The highest BCUT2D eigenvalue weighted by Gasteiger charge is 2.36. The molecule has 1 unspecified atom stereocenters. The van der Waals surface area contributed by atoms with E-state index in [4.69, 9.17) is 4.74 Å². The first-order valence-corrected chi connectivity index (χ1v) is 14.2. The molecule has 8 nitrogen and oxygen atoms in total. The van der Waals surface area contributed by atoms with Crippen LogP contribution < -0.4 is 4.72 Å². The number of carbonyl (C=O) groups is 1. The van der Waals surface area contributed by atoms with Gasteiger partial charge >= 0.3 is 0 Å². The highest BCUT2D eigenvalue weighted by atomic mass is 32.2. The molecule has 2 saturated carbocycles. The number of hydrogen-bond acceptors (Lipinski definition) is 5. The van der Waals surface area contributed by atoms with Crippen LogP contribution in [0.15, 0.2) is 23.1 Å². The van der Waals surface area contributed by atoms with Crippen LogP contribution in [0.3, 0.4) is 0 Å². The summed E-state index contributed by atoms with van der Waals surface area (Å²) in [5, 5.41) is 10.5. The van der Waals surface area contributed by atoms with Crippen LogP contribution in [0.1, 0.15) is 68.5 Å². The van der Waals surface area contributed by atoms with Crippen molar-refractivity contribution in [1.29, 1.82) is 5.26 Å². The van der Waals surface area contributed by atoms with Crippen molar-refractivity contribution in [3.05, 3.63) is 29.5 Å². The lowest BCUT2D eigenvalue weighted by atomic mass is 9.85. The maximum absolute atomic E-state index is 13.2. The normalized spacial score (nSPS) is 25.2. The van der Waals surface area contributed by atoms with E-state index in [9.17, 15) is 18.5 Å². The molecule has 2 aromatic rings. The SMILES string of the molecule is COCC1CCCN1C(=O)C1CCC(NS(=O)(=O)c2ccc3c(C#N)c(C4CC4)n(C)c3c2)CC1. The molecule has 1 atom stereocenters. The van der Waals surface area contributed by atoms with Gasteiger partial charge in [0.2, 0.25) is 15.9 Å². The molecule has 3 aliphatic rings. The van der Waals surface area contributed by atoms with Crippen LogP contribution in [-0.2, 0) is 26.6 Å². The van der Waals surface area contributed by atoms with Crippen molar-refractivity contribution in [3.63, 3.8) is 0 Å². The first kappa shape index (κ1) is 24.3. The van der Waals surface area contributed by atoms with E-state index in [1.54, 1.807) is 25.3 Å². The highest BCUT2D eigenvalue weighted by Crippen LogP contribution is 2.44. The summed E-state index contributed by atoms with van der Waals surface area (Å²) < 4.78 is 36.6. The van der Waals surface area contributed by atoms with Crippen molar-refractivity contribution in [2.24, 2.45) is 13.0 Å². The van der Waals surface area contributed by atoms with E-state index >= 15 is 0 Å². The molecule has 0 radical (unpaired) electrons. The number of fused-ring (bicyclic) bond motifs is 1. The number of nitriles is 1. The van der Waals surface area contributed by atoms with Crippen LogP contribution in [0, 0.1) is 17.2 Å². The van der Waals surface area contributed by atoms with E-state index < -0.39 is 10.0 Å². The lowest BCUT2D eigenvalue weighted by Crippen LogP contribution is -2.44. The largest absolute Gasteiger partial charge is 0.383 e. The molecule has 188 valence electrons. The summed E-state index contributed by atoms with van der Waals surface area (Å²) in [5.41, 5.74) is 2.45. The summed E-state index contributed by atoms with van der Waals surface area (Å²) >= 11 is 0. The number of nitrogens with one attached hydrogen (secondary N) is 1. The number of methoxy groups -OCH3 is 1. The van der Waals surface area contributed by atoms with Gasteiger partial charge in [0.1, 0.15) is 6.07 Å². The van der Waals surface area contributed by atoms with E-state index in [1.165, 1.54) is 0 Å². The van der Waals surface area contributed by atoms with Crippen molar-refractivity contribution in [2.75, 3.05) is 20.3 Å². The number of benzene rings is 1. The van der Waals surface area contributed by atoms with E-state index in [0.29, 0.717) is 43.8 Å². The minimum atomic E-state index is -3.71. The molecule has 1 amide bonds. The predicted molar refractivity (Wildman–Crippen MR) is 132 cm³/mol. The number of hydrogen-bond donors (Lipinski definition) is 1. The third-order valence-corrected chi connectivity index (χ3v) is 9.54. The smallest absolute Gasteiger partial charge is 0.240 e. The van der Waals surface area contributed by atoms with E-state index in [1.807, 2.05) is 16.5 Å². The minimum Gasteiger partial charge on any atom is -0.383 e. The topological polar surface area (TPSA) is 104 Å². The summed E-state index contributed by atoms with van der Waals surface area (Å²) in [7, 11) is -0.129. The molecule has 2 aliphatic carbocycles. The summed E-state index contributed by atoms with van der Waals surface area (Å²) in [6.45, 7) is 1.36. The first-order chi connectivity index (χ1) is 16.8. The second kappa shape index (κ2) is 9.57. The zero-order chi connectivity index (χ0) is 24.7. The lowest BCUT2D eigenvalue weighted by molar-refractivity contribution is -0.138. The predicted octanol–water partition coefficient (Wildman–Crippen LogP) is 3.40. The number of amides is 1. The Morgan fingerprint density at radius 1 is 1.17 bits per heavy atom. The molecule has 1 aromatic heterocycles. The van der Waals surface area contributed by atoms with Gasteiger partial charge < -0.3 is 14.2 Å². The van der Waals surface area contributed by atoms with Gasteiger partial charge in [0.15, 0.2) is 0 Å². The molecular weight excluding hydrogens is 464 g/mol. The average Bonchev–Trinajstić information content (AvgIpc) is 3.51. The number of aromatic nitrogens is 1. The van der Waals surface area contributed by atoms with Gasteiger partial charge in [-0.1, -0.05) is 6.07 Å². The Bertz CT molecular complexity index is 1270. The molecule has 1 aromatic carbocycles. The van der Waals surface area contributed by atoms with Gasteiger partial charge in [-0.15, -0.1) is 0 Å². The molecule has 9 heteroatoms. The van der Waals surface area contributed by atoms with Crippen molar-refractivity contribution < 1.29 is 17.9 Å². The van der Waals surface area contributed by atoms with Crippen LogP contribution >= 0.6 is 0 Å². The number of likely N-dealkylation sites (tertiary alicyclic amines) is 1. The fourth-order valence-electron chi connectivity index (χ4n) is 6.03. The van der Waals surface area contributed by atoms with Gasteiger partial charge in [-0.3, -0.25) is 4.79 Å². The van der Waals surface area contributed by atoms with Gasteiger partial charge in [-0.25, -0.2) is 13.1 Å². The second-order valence-corrected chi connectivity index (χ2v) is 12.1. The maximum atomic E-state index is 13.2. The van der Waals surface area contributed by atoms with E-state index in [-0.39, 0.29) is 28.8 Å².